The third-order valence-electron chi connectivity index (χ3n) is 10.4. The van der Waals surface area contributed by atoms with Crippen LogP contribution in [0, 0.1) is 10.8 Å². The van der Waals surface area contributed by atoms with Crippen molar-refractivity contribution < 1.29 is 23.8 Å². The highest BCUT2D eigenvalue weighted by Gasteiger charge is 2.41. The molecule has 1 unspecified atom stereocenters. The first-order valence-corrected chi connectivity index (χ1v) is 19.0. The fourth-order valence-corrected chi connectivity index (χ4v) is 8.05. The Labute approximate surface area is 304 Å². The van der Waals surface area contributed by atoms with E-state index in [9.17, 15) is 9.59 Å². The van der Waals surface area contributed by atoms with Gasteiger partial charge in [-0.15, -0.1) is 0 Å². The average molecular weight is 708 g/mol. The molecule has 1 aromatic carbocycles. The number of hydrogen-bond donors (Lipinski definition) is 3. The van der Waals surface area contributed by atoms with Crippen LogP contribution >= 0.6 is 0 Å². The van der Waals surface area contributed by atoms with Crippen molar-refractivity contribution in [3.05, 3.63) is 30.0 Å². The summed E-state index contributed by atoms with van der Waals surface area (Å²) in [5, 5.41) is 9.81. The predicted octanol–water partition coefficient (Wildman–Crippen LogP) is 6.08. The summed E-state index contributed by atoms with van der Waals surface area (Å²) in [6.07, 6.45) is 11.2. The molecule has 1 saturated carbocycles. The van der Waals surface area contributed by atoms with Crippen molar-refractivity contribution in [3.8, 4) is 5.75 Å². The van der Waals surface area contributed by atoms with Crippen molar-refractivity contribution in [2.45, 2.75) is 111 Å². The second-order valence-corrected chi connectivity index (χ2v) is 16.0. The van der Waals surface area contributed by atoms with Gasteiger partial charge in [0.1, 0.15) is 17.5 Å². The molecule has 2 amide bonds. The summed E-state index contributed by atoms with van der Waals surface area (Å²) in [7, 11) is 3.38. The lowest BCUT2D eigenvalue weighted by atomic mass is 9.75. The van der Waals surface area contributed by atoms with Gasteiger partial charge in [-0.05, 0) is 87.1 Å². The Bertz CT molecular complexity index is 1470. The van der Waals surface area contributed by atoms with Gasteiger partial charge in [0.25, 0.3) is 5.91 Å². The van der Waals surface area contributed by atoms with E-state index in [0.717, 1.165) is 76.9 Å². The molecule has 282 valence electrons. The number of methoxy groups -OCH3 is 1. The number of benzene rings is 1. The first-order chi connectivity index (χ1) is 24.4. The third kappa shape index (κ3) is 10.1. The smallest absolute Gasteiger partial charge is 0.251 e. The molecular weight excluding hydrogens is 646 g/mol. The first-order valence-electron chi connectivity index (χ1n) is 19.0. The summed E-state index contributed by atoms with van der Waals surface area (Å²) < 4.78 is 17.8. The second-order valence-electron chi connectivity index (χ2n) is 16.0. The molecule has 0 radical (unpaired) electrons. The maximum atomic E-state index is 13.3. The van der Waals surface area contributed by atoms with E-state index in [1.807, 2.05) is 6.07 Å². The van der Waals surface area contributed by atoms with Crippen LogP contribution in [-0.4, -0.2) is 93.6 Å². The van der Waals surface area contributed by atoms with Crippen LogP contribution in [-0.2, 0) is 14.3 Å². The molecule has 1 aromatic heterocycles. The molecule has 2 fully saturated rings. The molecule has 2 aromatic rings. The number of piperidine rings is 1. The molecular formula is C39H61N7O5. The van der Waals surface area contributed by atoms with Crippen molar-refractivity contribution in [2.24, 2.45) is 10.8 Å². The molecule has 51 heavy (non-hydrogen) atoms. The Balaban J connectivity index is 1.15. The zero-order valence-electron chi connectivity index (χ0n) is 32.0. The molecule has 0 bridgehead atoms. The number of ether oxygens (including phenoxy) is 3. The van der Waals surface area contributed by atoms with E-state index in [2.05, 4.69) is 60.5 Å². The highest BCUT2D eigenvalue weighted by molar-refractivity contribution is 6.04. The van der Waals surface area contributed by atoms with Crippen LogP contribution in [0.15, 0.2) is 24.4 Å². The SMILES string of the molecule is CCC1C(=O)N(C)c2cnc(Nc3ccc(C(=O)NCC(C)(C)CC(C)(C)COCCCOC4CCNCC4)cc3OC)nc2N1C1CCCC1. The number of nitrogens with zero attached hydrogens (tertiary/aromatic N) is 4. The van der Waals surface area contributed by atoms with Crippen LogP contribution in [0.5, 0.6) is 5.75 Å². The average Bonchev–Trinajstić information content (AvgIpc) is 3.65. The summed E-state index contributed by atoms with van der Waals surface area (Å²) in [6.45, 7) is 15.5. The van der Waals surface area contributed by atoms with Gasteiger partial charge in [0.05, 0.1) is 31.7 Å². The van der Waals surface area contributed by atoms with Crippen molar-refractivity contribution >= 4 is 35.0 Å². The Morgan fingerprint density at radius 1 is 1.06 bits per heavy atom. The van der Waals surface area contributed by atoms with E-state index in [1.54, 1.807) is 37.4 Å². The normalized spacial score (nSPS) is 19.0. The van der Waals surface area contributed by atoms with Crippen molar-refractivity contribution in [2.75, 3.05) is 68.7 Å². The Morgan fingerprint density at radius 3 is 2.51 bits per heavy atom. The van der Waals surface area contributed by atoms with Crippen LogP contribution in [0.3, 0.4) is 0 Å². The number of carbonyl (C=O) groups is 2. The molecule has 2 aliphatic heterocycles. The fraction of sp³-hybridized carbons (Fsp3) is 0.692. The van der Waals surface area contributed by atoms with E-state index in [1.165, 1.54) is 0 Å². The summed E-state index contributed by atoms with van der Waals surface area (Å²) in [5.74, 6) is 1.61. The van der Waals surface area contributed by atoms with Crippen molar-refractivity contribution in [1.82, 2.24) is 20.6 Å². The number of rotatable bonds is 17. The highest BCUT2D eigenvalue weighted by atomic mass is 16.5. The number of nitrogens with one attached hydrogen (secondary N) is 3. The summed E-state index contributed by atoms with van der Waals surface area (Å²) in [4.78, 5) is 40.0. The fourth-order valence-electron chi connectivity index (χ4n) is 8.05. The van der Waals surface area contributed by atoms with Gasteiger partial charge >= 0.3 is 0 Å². The maximum Gasteiger partial charge on any atom is 0.251 e. The van der Waals surface area contributed by atoms with Crippen LogP contribution in [0.1, 0.15) is 103 Å². The molecule has 12 heteroatoms. The molecule has 3 N–H and O–H groups in total. The minimum Gasteiger partial charge on any atom is -0.495 e. The van der Waals surface area contributed by atoms with Gasteiger partial charge in [-0.25, -0.2) is 4.98 Å². The lowest BCUT2D eigenvalue weighted by Crippen LogP contribution is -2.55. The zero-order chi connectivity index (χ0) is 36.6. The van der Waals surface area contributed by atoms with Crippen LogP contribution in [0.25, 0.3) is 0 Å². The molecule has 0 spiro atoms. The Hall–Kier alpha value is -3.48. The molecule has 12 nitrogen and oxygen atoms in total. The number of aromatic nitrogens is 2. The number of likely N-dealkylation sites (N-methyl/N-ethyl adjacent to an activating group) is 1. The Morgan fingerprint density at radius 2 is 1.80 bits per heavy atom. The molecule has 1 aliphatic carbocycles. The van der Waals surface area contributed by atoms with E-state index in [4.69, 9.17) is 19.2 Å². The summed E-state index contributed by atoms with van der Waals surface area (Å²) in [5.41, 5.74) is 1.68. The minimum atomic E-state index is -0.246. The first kappa shape index (κ1) is 38.7. The molecule has 5 rings (SSSR count). The largest absolute Gasteiger partial charge is 0.495 e. The van der Waals surface area contributed by atoms with Gasteiger partial charge in [0.2, 0.25) is 11.9 Å². The number of anilines is 4. The molecule has 1 saturated heterocycles. The Kier molecular flexibility index (Phi) is 13.2. The van der Waals surface area contributed by atoms with Gasteiger partial charge in [-0.3, -0.25) is 9.59 Å². The highest BCUT2D eigenvalue weighted by Crippen LogP contribution is 2.40. The summed E-state index contributed by atoms with van der Waals surface area (Å²) >= 11 is 0. The monoisotopic (exact) mass is 707 g/mol. The second kappa shape index (κ2) is 17.4. The van der Waals surface area contributed by atoms with E-state index < -0.39 is 0 Å². The number of fused-ring (bicyclic) bond motifs is 1. The van der Waals surface area contributed by atoms with E-state index in [0.29, 0.717) is 60.9 Å². The number of carbonyl (C=O) groups excluding carboxylic acids is 2. The summed E-state index contributed by atoms with van der Waals surface area (Å²) in [6, 6.07) is 5.37. The predicted molar refractivity (Wildman–Crippen MR) is 202 cm³/mol. The molecule has 1 atom stereocenters. The van der Waals surface area contributed by atoms with Crippen LogP contribution < -0.4 is 30.5 Å². The van der Waals surface area contributed by atoms with Crippen LogP contribution in [0.4, 0.5) is 23.1 Å². The molecule has 3 aliphatic rings. The van der Waals surface area contributed by atoms with E-state index >= 15 is 0 Å². The zero-order valence-corrected chi connectivity index (χ0v) is 32.0. The van der Waals surface area contributed by atoms with Gasteiger partial charge in [0, 0.05) is 38.4 Å². The topological polar surface area (TPSA) is 130 Å². The van der Waals surface area contributed by atoms with Gasteiger partial charge in [0.15, 0.2) is 5.82 Å². The number of amides is 2. The van der Waals surface area contributed by atoms with Crippen LogP contribution in [0.2, 0.25) is 0 Å². The lowest BCUT2D eigenvalue weighted by Gasteiger charge is -2.43. The number of hydrogen-bond acceptors (Lipinski definition) is 10. The standard InChI is InChI=1S/C39H61N7O5/c1-8-31-36(48)45(6)32-23-41-37(44-34(32)46(31)28-12-9-10-13-28)43-30-15-14-27(22-33(30)49-7)35(47)42-25-38(2,3)24-39(4,5)26-50-20-11-21-51-29-16-18-40-19-17-29/h14-15,22-23,28-29,31,40H,8-13,16-21,24-26H2,1-7H3,(H,42,47)(H,41,43,44). The lowest BCUT2D eigenvalue weighted by molar-refractivity contribution is -0.120. The van der Waals surface area contributed by atoms with Gasteiger partial charge in [-0.2, -0.15) is 4.98 Å². The van der Waals surface area contributed by atoms with Crippen molar-refractivity contribution in [1.29, 1.82) is 0 Å². The quantitative estimate of drug-likeness (QED) is 0.166. The van der Waals surface area contributed by atoms with Gasteiger partial charge in [-0.1, -0.05) is 47.5 Å². The van der Waals surface area contributed by atoms with Gasteiger partial charge < -0.3 is 40.0 Å². The van der Waals surface area contributed by atoms with Crippen molar-refractivity contribution in [3.63, 3.8) is 0 Å². The molecule has 3 heterocycles. The third-order valence-corrected chi connectivity index (χ3v) is 10.4. The minimum absolute atomic E-state index is 0.0457. The maximum absolute atomic E-state index is 13.3. The van der Waals surface area contributed by atoms with E-state index in [-0.39, 0.29) is 34.7 Å².